The summed E-state index contributed by atoms with van der Waals surface area (Å²) in [5, 5.41) is 4.93. The van der Waals surface area contributed by atoms with Gasteiger partial charge in [-0.05, 0) is 32.6 Å². The van der Waals surface area contributed by atoms with E-state index in [1.165, 1.54) is 11.3 Å². The molecule has 1 N–H and O–H groups in total. The number of amides is 2. The molecule has 1 atom stereocenters. The second-order valence-electron chi connectivity index (χ2n) is 6.12. The van der Waals surface area contributed by atoms with Gasteiger partial charge in [-0.15, -0.1) is 11.3 Å². The van der Waals surface area contributed by atoms with E-state index in [1.807, 2.05) is 11.8 Å². The van der Waals surface area contributed by atoms with Crippen LogP contribution >= 0.6 is 11.3 Å². The Morgan fingerprint density at radius 3 is 2.74 bits per heavy atom. The smallest absolute Gasteiger partial charge is 0.280 e. The van der Waals surface area contributed by atoms with Crippen LogP contribution in [0, 0.1) is 0 Å². The Balaban J connectivity index is 1.61. The highest BCUT2D eigenvalue weighted by Gasteiger charge is 2.28. The molecule has 2 saturated heterocycles. The number of thiazole rings is 1. The van der Waals surface area contributed by atoms with E-state index in [2.05, 4.69) is 10.3 Å². The molecule has 0 bridgehead atoms. The second-order valence-corrected chi connectivity index (χ2v) is 8.68. The summed E-state index contributed by atoms with van der Waals surface area (Å²) in [5.74, 6) is 0.957. The Labute approximate surface area is 142 Å². The van der Waals surface area contributed by atoms with Gasteiger partial charge in [0.25, 0.3) is 11.8 Å². The van der Waals surface area contributed by atoms with Gasteiger partial charge in [0, 0.05) is 46.3 Å². The van der Waals surface area contributed by atoms with Crippen LogP contribution in [0.2, 0.25) is 0 Å². The molecule has 1 unspecified atom stereocenters. The molecule has 1 aromatic rings. The van der Waals surface area contributed by atoms with E-state index in [1.54, 1.807) is 5.38 Å². The summed E-state index contributed by atoms with van der Waals surface area (Å²) < 4.78 is 11.3. The molecule has 2 aliphatic rings. The van der Waals surface area contributed by atoms with Crippen molar-refractivity contribution in [3.63, 3.8) is 0 Å². The minimum atomic E-state index is -0.742. The van der Waals surface area contributed by atoms with Gasteiger partial charge in [0.05, 0.1) is 0 Å². The van der Waals surface area contributed by atoms with Crippen LogP contribution in [0.3, 0.4) is 0 Å². The average Bonchev–Trinajstić information content (AvgIpc) is 3.18. The van der Waals surface area contributed by atoms with Gasteiger partial charge in [0.1, 0.15) is 5.69 Å². The lowest BCUT2D eigenvalue weighted by Gasteiger charge is -2.22. The molecule has 0 aromatic carbocycles. The van der Waals surface area contributed by atoms with Crippen molar-refractivity contribution in [1.82, 2.24) is 15.2 Å². The van der Waals surface area contributed by atoms with Gasteiger partial charge >= 0.3 is 0 Å². The maximum absolute atomic E-state index is 12.4. The molecule has 0 aliphatic carbocycles. The van der Waals surface area contributed by atoms with Crippen LogP contribution in [0.5, 0.6) is 0 Å². The predicted molar refractivity (Wildman–Crippen MR) is 90.2 cm³/mol. The predicted octanol–water partition coefficient (Wildman–Crippen LogP) is 1.41. The van der Waals surface area contributed by atoms with Crippen LogP contribution in [-0.4, -0.2) is 56.0 Å². The zero-order valence-electron chi connectivity index (χ0n) is 13.1. The van der Waals surface area contributed by atoms with Crippen LogP contribution < -0.4 is 5.32 Å². The summed E-state index contributed by atoms with van der Waals surface area (Å²) in [6, 6.07) is 0.298. The summed E-state index contributed by atoms with van der Waals surface area (Å²) >= 11 is 1.20. The van der Waals surface area contributed by atoms with Crippen molar-refractivity contribution in [2.75, 3.05) is 18.1 Å². The summed E-state index contributed by atoms with van der Waals surface area (Å²) in [7, 11) is -0.742. The topological polar surface area (TPSA) is 79.4 Å². The van der Waals surface area contributed by atoms with E-state index < -0.39 is 10.8 Å². The third-order valence-corrected chi connectivity index (χ3v) is 6.68. The van der Waals surface area contributed by atoms with Crippen molar-refractivity contribution in [1.29, 1.82) is 0 Å². The van der Waals surface area contributed by atoms with Gasteiger partial charge < -0.3 is 10.2 Å². The van der Waals surface area contributed by atoms with Crippen molar-refractivity contribution in [3.8, 4) is 0 Å². The highest BCUT2D eigenvalue weighted by atomic mass is 32.2. The standard InChI is InChI=1S/C15H21N3O3S2/c1-10-3-2-6-18(10)15(20)12-9-22-14(17-12)13(19)16-11-4-7-23(21)8-5-11/h9-11H,2-8H2,1H3,(H,16,19). The van der Waals surface area contributed by atoms with E-state index in [9.17, 15) is 13.8 Å². The summed E-state index contributed by atoms with van der Waals surface area (Å²) in [5.41, 5.74) is 0.360. The Bertz CT molecular complexity index is 621. The van der Waals surface area contributed by atoms with Crippen LogP contribution in [-0.2, 0) is 10.8 Å². The highest BCUT2D eigenvalue weighted by molar-refractivity contribution is 7.85. The number of carbonyl (C=O) groups excluding carboxylic acids is 2. The molecule has 23 heavy (non-hydrogen) atoms. The number of carbonyl (C=O) groups is 2. The van der Waals surface area contributed by atoms with E-state index in [4.69, 9.17) is 0 Å². The Hall–Kier alpha value is -1.28. The van der Waals surface area contributed by atoms with E-state index >= 15 is 0 Å². The third-order valence-electron chi connectivity index (χ3n) is 4.45. The third kappa shape index (κ3) is 3.80. The number of hydrogen-bond acceptors (Lipinski definition) is 5. The van der Waals surface area contributed by atoms with E-state index in [-0.39, 0.29) is 23.9 Å². The lowest BCUT2D eigenvalue weighted by atomic mass is 10.1. The van der Waals surface area contributed by atoms with Crippen LogP contribution in [0.4, 0.5) is 0 Å². The molecular weight excluding hydrogens is 334 g/mol. The van der Waals surface area contributed by atoms with Crippen molar-refractivity contribution in [2.45, 2.75) is 44.7 Å². The molecule has 2 fully saturated rings. The van der Waals surface area contributed by atoms with Crippen molar-refractivity contribution in [2.24, 2.45) is 0 Å². The summed E-state index contributed by atoms with van der Waals surface area (Å²) in [6.07, 6.45) is 3.52. The molecule has 2 amide bonds. The van der Waals surface area contributed by atoms with Gasteiger partial charge in [-0.2, -0.15) is 0 Å². The zero-order valence-corrected chi connectivity index (χ0v) is 14.8. The molecule has 6 nitrogen and oxygen atoms in total. The number of rotatable bonds is 3. The van der Waals surface area contributed by atoms with Gasteiger partial charge in [0.2, 0.25) is 0 Å². The van der Waals surface area contributed by atoms with Crippen LogP contribution in [0.1, 0.15) is 52.9 Å². The Morgan fingerprint density at radius 2 is 2.09 bits per heavy atom. The van der Waals surface area contributed by atoms with Crippen LogP contribution in [0.25, 0.3) is 0 Å². The molecule has 2 aliphatic heterocycles. The van der Waals surface area contributed by atoms with Crippen molar-refractivity contribution >= 4 is 34.0 Å². The van der Waals surface area contributed by atoms with Crippen molar-refractivity contribution in [3.05, 3.63) is 16.1 Å². The molecule has 8 heteroatoms. The number of nitrogens with one attached hydrogen (secondary N) is 1. The monoisotopic (exact) mass is 355 g/mol. The molecular formula is C15H21N3O3S2. The maximum atomic E-state index is 12.4. The Morgan fingerprint density at radius 1 is 1.35 bits per heavy atom. The van der Waals surface area contributed by atoms with Gasteiger partial charge in [-0.1, -0.05) is 0 Å². The number of aromatic nitrogens is 1. The molecule has 0 saturated carbocycles. The molecule has 126 valence electrons. The lowest BCUT2D eigenvalue weighted by Crippen LogP contribution is -2.39. The van der Waals surface area contributed by atoms with E-state index in [0.717, 1.165) is 32.2 Å². The first-order valence-corrected chi connectivity index (χ1v) is 10.3. The fourth-order valence-corrected chi connectivity index (χ4v) is 5.04. The van der Waals surface area contributed by atoms with Gasteiger partial charge in [-0.25, -0.2) is 4.98 Å². The first-order valence-electron chi connectivity index (χ1n) is 7.97. The molecule has 3 rings (SSSR count). The van der Waals surface area contributed by atoms with Crippen molar-refractivity contribution < 1.29 is 13.8 Å². The first-order chi connectivity index (χ1) is 11.0. The SMILES string of the molecule is CC1CCCN1C(=O)c1csc(C(=O)NC2CCS(=O)CC2)n1. The minimum Gasteiger partial charge on any atom is -0.347 e. The zero-order chi connectivity index (χ0) is 16.4. The van der Waals surface area contributed by atoms with E-state index in [0.29, 0.717) is 22.2 Å². The van der Waals surface area contributed by atoms with Gasteiger partial charge in [0.15, 0.2) is 5.01 Å². The van der Waals surface area contributed by atoms with Crippen LogP contribution in [0.15, 0.2) is 5.38 Å². The second kappa shape index (κ2) is 7.09. The lowest BCUT2D eigenvalue weighted by molar-refractivity contribution is 0.0742. The summed E-state index contributed by atoms with van der Waals surface area (Å²) in [6.45, 7) is 2.80. The Kier molecular flexibility index (Phi) is 5.11. The fourth-order valence-electron chi connectivity index (χ4n) is 3.04. The largest absolute Gasteiger partial charge is 0.347 e. The minimum absolute atomic E-state index is 0.0573. The molecule has 0 radical (unpaired) electrons. The average molecular weight is 355 g/mol. The quantitative estimate of drug-likeness (QED) is 0.889. The number of hydrogen-bond donors (Lipinski definition) is 1. The normalized spacial score (nSPS) is 27.9. The first kappa shape index (κ1) is 16.6. The summed E-state index contributed by atoms with van der Waals surface area (Å²) in [4.78, 5) is 30.7. The fraction of sp³-hybridized carbons (Fsp3) is 0.667. The molecule has 3 heterocycles. The molecule has 1 aromatic heterocycles. The number of likely N-dealkylation sites (tertiary alicyclic amines) is 1. The number of nitrogens with zero attached hydrogens (tertiary/aromatic N) is 2. The highest BCUT2D eigenvalue weighted by Crippen LogP contribution is 2.21. The van der Waals surface area contributed by atoms with Gasteiger partial charge in [-0.3, -0.25) is 13.8 Å². The molecule has 0 spiro atoms. The maximum Gasteiger partial charge on any atom is 0.280 e.